The Bertz CT molecular complexity index is 449. The minimum Gasteiger partial charge on any atom is -0.447 e. The third-order valence-corrected chi connectivity index (χ3v) is 2.28. The molecule has 0 bridgehead atoms. The topological polar surface area (TPSA) is 64.3 Å². The van der Waals surface area contributed by atoms with Gasteiger partial charge < -0.3 is 10.5 Å². The number of anilines is 1. The minimum atomic E-state index is -0.570. The molecule has 0 aliphatic rings. The van der Waals surface area contributed by atoms with Crippen LogP contribution in [0.15, 0.2) is 18.2 Å². The first-order valence-electron chi connectivity index (χ1n) is 4.97. The summed E-state index contributed by atoms with van der Waals surface area (Å²) in [6, 6.07) is 4.86. The normalized spacial score (nSPS) is 10.1. The van der Waals surface area contributed by atoms with Crippen molar-refractivity contribution in [3.8, 4) is 0 Å². The maximum Gasteiger partial charge on any atom is 0.411 e. The summed E-state index contributed by atoms with van der Waals surface area (Å²) in [4.78, 5) is 11.6. The van der Waals surface area contributed by atoms with E-state index in [1.54, 1.807) is 32.0 Å². The number of carbonyl (C=O) groups excluding carboxylic acids is 1. The van der Waals surface area contributed by atoms with Crippen LogP contribution in [-0.4, -0.2) is 17.2 Å². The van der Waals surface area contributed by atoms with E-state index in [9.17, 15) is 4.79 Å². The van der Waals surface area contributed by atoms with E-state index >= 15 is 0 Å². The van der Waals surface area contributed by atoms with Crippen molar-refractivity contribution >= 4 is 40.6 Å². The van der Waals surface area contributed by atoms with E-state index in [2.05, 4.69) is 5.32 Å². The van der Waals surface area contributed by atoms with Crippen molar-refractivity contribution in [2.75, 3.05) is 5.32 Å². The fourth-order valence-corrected chi connectivity index (χ4v) is 1.54. The van der Waals surface area contributed by atoms with Gasteiger partial charge in [-0.15, -0.1) is 0 Å². The van der Waals surface area contributed by atoms with Crippen LogP contribution >= 0.6 is 23.8 Å². The van der Waals surface area contributed by atoms with Crippen LogP contribution in [0.1, 0.15) is 19.4 Å². The third-order valence-electron chi connectivity index (χ3n) is 1.83. The van der Waals surface area contributed by atoms with Gasteiger partial charge in [-0.2, -0.15) is 0 Å². The summed E-state index contributed by atoms with van der Waals surface area (Å²) in [5, 5.41) is 3.03. The summed E-state index contributed by atoms with van der Waals surface area (Å²) >= 11 is 10.7. The Hall–Kier alpha value is -1.33. The highest BCUT2D eigenvalue weighted by Crippen LogP contribution is 2.21. The molecular formula is C11H13ClN2O2S. The molecule has 1 aromatic carbocycles. The van der Waals surface area contributed by atoms with Crippen LogP contribution in [0.25, 0.3) is 0 Å². The number of nitrogens with one attached hydrogen (secondary N) is 1. The van der Waals surface area contributed by atoms with Crippen molar-refractivity contribution in [1.29, 1.82) is 0 Å². The maximum atomic E-state index is 11.4. The van der Waals surface area contributed by atoms with Gasteiger partial charge in [0.05, 0.1) is 11.8 Å². The number of rotatable bonds is 3. The molecule has 0 heterocycles. The summed E-state index contributed by atoms with van der Waals surface area (Å²) in [5.41, 5.74) is 6.52. The molecule has 1 rings (SSSR count). The second-order valence-electron chi connectivity index (χ2n) is 3.63. The summed E-state index contributed by atoms with van der Waals surface area (Å²) in [7, 11) is 0. The molecule has 6 heteroatoms. The average Bonchev–Trinajstić information content (AvgIpc) is 2.15. The first-order chi connectivity index (χ1) is 7.90. The lowest BCUT2D eigenvalue weighted by molar-refractivity contribution is 0.130. The Morgan fingerprint density at radius 2 is 2.18 bits per heavy atom. The van der Waals surface area contributed by atoms with E-state index in [0.717, 1.165) is 0 Å². The summed E-state index contributed by atoms with van der Waals surface area (Å²) in [5.74, 6) is 0. The van der Waals surface area contributed by atoms with Crippen molar-refractivity contribution in [3.05, 3.63) is 28.8 Å². The van der Waals surface area contributed by atoms with Crippen LogP contribution in [-0.2, 0) is 4.74 Å². The molecule has 17 heavy (non-hydrogen) atoms. The Labute approximate surface area is 110 Å². The van der Waals surface area contributed by atoms with E-state index in [4.69, 9.17) is 34.3 Å². The highest BCUT2D eigenvalue weighted by atomic mass is 35.5. The van der Waals surface area contributed by atoms with Crippen LogP contribution < -0.4 is 11.1 Å². The number of hydrogen-bond acceptors (Lipinski definition) is 3. The summed E-state index contributed by atoms with van der Waals surface area (Å²) in [6.45, 7) is 3.51. The molecule has 0 unspecified atom stereocenters. The molecule has 0 radical (unpaired) electrons. The lowest BCUT2D eigenvalue weighted by Gasteiger charge is -2.12. The van der Waals surface area contributed by atoms with E-state index in [1.165, 1.54) is 0 Å². The molecule has 0 fully saturated rings. The first-order valence-corrected chi connectivity index (χ1v) is 5.75. The Morgan fingerprint density at radius 1 is 1.53 bits per heavy atom. The molecule has 0 aliphatic carbocycles. The molecule has 0 aliphatic heterocycles. The lowest BCUT2D eigenvalue weighted by Crippen LogP contribution is -2.20. The Morgan fingerprint density at radius 3 is 2.71 bits per heavy atom. The molecule has 0 spiro atoms. The smallest absolute Gasteiger partial charge is 0.411 e. The summed E-state index contributed by atoms with van der Waals surface area (Å²) < 4.78 is 4.95. The molecule has 4 nitrogen and oxygen atoms in total. The fourth-order valence-electron chi connectivity index (χ4n) is 1.19. The van der Waals surface area contributed by atoms with Crippen molar-refractivity contribution in [2.45, 2.75) is 20.0 Å². The molecule has 0 saturated heterocycles. The predicted molar refractivity (Wildman–Crippen MR) is 72.6 cm³/mol. The van der Waals surface area contributed by atoms with E-state index in [-0.39, 0.29) is 11.1 Å². The van der Waals surface area contributed by atoms with Crippen LogP contribution in [0.3, 0.4) is 0 Å². The molecule has 92 valence electrons. The Balaban J connectivity index is 2.92. The predicted octanol–water partition coefficient (Wildman–Crippen LogP) is 2.93. The van der Waals surface area contributed by atoms with Crippen molar-refractivity contribution in [2.24, 2.45) is 5.73 Å². The number of hydrogen-bond donors (Lipinski definition) is 2. The summed E-state index contributed by atoms with van der Waals surface area (Å²) in [6.07, 6.45) is -0.776. The molecule has 3 N–H and O–H groups in total. The zero-order valence-electron chi connectivity index (χ0n) is 9.49. The number of ether oxygens (including phenoxy) is 1. The van der Waals surface area contributed by atoms with Crippen molar-refractivity contribution in [1.82, 2.24) is 0 Å². The minimum absolute atomic E-state index is 0.182. The zero-order valence-corrected chi connectivity index (χ0v) is 11.1. The van der Waals surface area contributed by atoms with Crippen LogP contribution in [0.2, 0.25) is 5.02 Å². The number of amides is 1. The molecule has 1 aromatic rings. The van der Waals surface area contributed by atoms with E-state index in [0.29, 0.717) is 16.3 Å². The number of benzene rings is 1. The highest BCUT2D eigenvalue weighted by Gasteiger charge is 2.11. The SMILES string of the molecule is CC(C)OC(=O)Nc1cc(Cl)ccc1C(N)=S. The van der Waals surface area contributed by atoms with Gasteiger partial charge in [-0.25, -0.2) is 4.79 Å². The number of nitrogens with two attached hydrogens (primary N) is 1. The first kappa shape index (κ1) is 13.7. The fraction of sp³-hybridized carbons (Fsp3) is 0.273. The lowest BCUT2D eigenvalue weighted by atomic mass is 10.2. The molecule has 0 aromatic heterocycles. The largest absolute Gasteiger partial charge is 0.447 e. The average molecular weight is 273 g/mol. The monoisotopic (exact) mass is 272 g/mol. The third kappa shape index (κ3) is 4.20. The highest BCUT2D eigenvalue weighted by molar-refractivity contribution is 7.80. The van der Waals surface area contributed by atoms with Gasteiger partial charge in [-0.05, 0) is 32.0 Å². The van der Waals surface area contributed by atoms with Gasteiger partial charge >= 0.3 is 6.09 Å². The van der Waals surface area contributed by atoms with Gasteiger partial charge in [-0.1, -0.05) is 23.8 Å². The second kappa shape index (κ2) is 5.84. The maximum absolute atomic E-state index is 11.4. The number of thiocarbonyl (C=S) groups is 1. The standard InChI is InChI=1S/C11H13ClN2O2S/c1-6(2)16-11(15)14-9-5-7(12)3-4-8(9)10(13)17/h3-6H,1-2H3,(H2,13,17)(H,14,15). The molecule has 1 amide bonds. The van der Waals surface area contributed by atoms with Crippen LogP contribution in [0, 0.1) is 0 Å². The van der Waals surface area contributed by atoms with Gasteiger partial charge in [0, 0.05) is 10.6 Å². The van der Waals surface area contributed by atoms with E-state index in [1.807, 2.05) is 0 Å². The van der Waals surface area contributed by atoms with Crippen LogP contribution in [0.5, 0.6) is 0 Å². The second-order valence-corrected chi connectivity index (χ2v) is 4.51. The van der Waals surface area contributed by atoms with Gasteiger partial charge in [0.25, 0.3) is 0 Å². The number of halogens is 1. The van der Waals surface area contributed by atoms with Crippen molar-refractivity contribution in [3.63, 3.8) is 0 Å². The molecule has 0 atom stereocenters. The number of carbonyl (C=O) groups is 1. The van der Waals surface area contributed by atoms with E-state index < -0.39 is 6.09 Å². The van der Waals surface area contributed by atoms with Gasteiger partial charge in [-0.3, -0.25) is 5.32 Å². The molecular weight excluding hydrogens is 260 g/mol. The van der Waals surface area contributed by atoms with Crippen LogP contribution in [0.4, 0.5) is 10.5 Å². The van der Waals surface area contributed by atoms with Gasteiger partial charge in [0.15, 0.2) is 0 Å². The molecule has 0 saturated carbocycles. The van der Waals surface area contributed by atoms with Crippen molar-refractivity contribution < 1.29 is 9.53 Å². The Kier molecular flexibility index (Phi) is 4.72. The van der Waals surface area contributed by atoms with Gasteiger partial charge in [0.1, 0.15) is 4.99 Å². The zero-order chi connectivity index (χ0) is 13.0. The van der Waals surface area contributed by atoms with Gasteiger partial charge in [0.2, 0.25) is 0 Å². The quantitative estimate of drug-likeness (QED) is 0.831.